The van der Waals surface area contributed by atoms with Gasteiger partial charge in [0, 0.05) is 23.2 Å². The van der Waals surface area contributed by atoms with Crippen LogP contribution in [0.15, 0.2) is 114 Å². The monoisotopic (exact) mass is 674 g/mol. The van der Waals surface area contributed by atoms with E-state index in [2.05, 4.69) is 52.0 Å². The van der Waals surface area contributed by atoms with Crippen LogP contribution in [-0.4, -0.2) is 22.1 Å². The van der Waals surface area contributed by atoms with E-state index in [0.717, 1.165) is 38.8 Å². The van der Waals surface area contributed by atoms with Gasteiger partial charge >= 0.3 is 21.1 Å². The molecule has 0 fully saturated rings. The summed E-state index contributed by atoms with van der Waals surface area (Å²) in [5.74, 6) is 2.58. The summed E-state index contributed by atoms with van der Waals surface area (Å²) in [5, 5.41) is 2.23. The molecule has 0 saturated heterocycles. The Bertz CT molecular complexity index is 1760. The third-order valence-electron chi connectivity index (χ3n) is 6.49. The van der Waals surface area contributed by atoms with Gasteiger partial charge in [-0.2, -0.15) is 6.07 Å². The van der Waals surface area contributed by atoms with Gasteiger partial charge in [-0.1, -0.05) is 71.7 Å². The Morgan fingerprint density at radius 2 is 1.58 bits per heavy atom. The molecule has 6 aromatic rings. The summed E-state index contributed by atoms with van der Waals surface area (Å²) < 4.78 is 14.3. The fraction of sp³-hybridized carbons (Fsp3) is 0.0625. The normalized spacial score (nSPS) is 14.6. The molecule has 1 aliphatic heterocycles. The first-order valence-corrected chi connectivity index (χ1v) is 12.2. The Morgan fingerprint density at radius 1 is 0.763 bits per heavy atom. The van der Waals surface area contributed by atoms with Gasteiger partial charge in [0.25, 0.3) is 0 Å². The van der Waals surface area contributed by atoms with Crippen LogP contribution in [-0.2, 0) is 25.8 Å². The molecule has 7 rings (SSSR count). The van der Waals surface area contributed by atoms with Gasteiger partial charge in [-0.25, -0.2) is 4.98 Å². The fourth-order valence-corrected chi connectivity index (χ4v) is 4.78. The number of hydrogen-bond acceptors (Lipinski definition) is 4. The van der Waals surface area contributed by atoms with Gasteiger partial charge in [-0.15, -0.1) is 35.7 Å². The van der Waals surface area contributed by atoms with Crippen LogP contribution < -0.4 is 4.74 Å². The fourth-order valence-electron chi connectivity index (χ4n) is 4.78. The van der Waals surface area contributed by atoms with Crippen LogP contribution in [0.1, 0.15) is 17.2 Å². The number of ether oxygens (including phenoxy) is 2. The van der Waals surface area contributed by atoms with Crippen molar-refractivity contribution in [1.82, 2.24) is 9.55 Å². The van der Waals surface area contributed by atoms with E-state index in [9.17, 15) is 0 Å². The van der Waals surface area contributed by atoms with Crippen molar-refractivity contribution in [2.45, 2.75) is 6.04 Å². The van der Waals surface area contributed by atoms with Gasteiger partial charge in [-0.3, -0.25) is 4.99 Å². The predicted octanol–water partition coefficient (Wildman–Crippen LogP) is 7.09. The van der Waals surface area contributed by atoms with Gasteiger partial charge in [0.2, 0.25) is 0 Å². The first-order valence-electron chi connectivity index (χ1n) is 12.2. The first-order chi connectivity index (χ1) is 18.3. The summed E-state index contributed by atoms with van der Waals surface area (Å²) in [6.45, 7) is 0.515. The maximum Gasteiger partial charge on any atom is 2.00 e. The summed E-state index contributed by atoms with van der Waals surface area (Å²) in [6, 6.07) is 40.9. The van der Waals surface area contributed by atoms with Crippen LogP contribution in [0.25, 0.3) is 27.6 Å². The zero-order chi connectivity index (χ0) is 24.6. The van der Waals surface area contributed by atoms with Gasteiger partial charge in [-0.05, 0) is 29.1 Å². The van der Waals surface area contributed by atoms with Gasteiger partial charge in [0.05, 0.1) is 0 Å². The van der Waals surface area contributed by atoms with E-state index < -0.39 is 0 Å². The van der Waals surface area contributed by atoms with Crippen LogP contribution in [0.5, 0.6) is 11.5 Å². The van der Waals surface area contributed by atoms with E-state index in [1.54, 1.807) is 6.20 Å². The van der Waals surface area contributed by atoms with E-state index in [1.165, 1.54) is 0 Å². The van der Waals surface area contributed by atoms with Crippen molar-refractivity contribution in [3.05, 3.63) is 133 Å². The van der Waals surface area contributed by atoms with Crippen LogP contribution in [0.3, 0.4) is 0 Å². The molecule has 0 unspecified atom stereocenters. The Hall–Kier alpha value is -4.21. The number of hydrogen-bond donors (Lipinski definition) is 0. The SMILES string of the molecule is [Pt+2].[c-]1c(Oc2[c-]c3c(cc2)c2ccccc2n3-c2ccccn2)cccc1C1=N[C@H](c2ccccc2)CO1. The molecule has 0 saturated carbocycles. The van der Waals surface area contributed by atoms with Crippen molar-refractivity contribution in [2.75, 3.05) is 6.61 Å². The number of para-hydroxylation sites is 1. The van der Waals surface area contributed by atoms with E-state index in [-0.39, 0.29) is 27.1 Å². The second kappa shape index (κ2) is 10.3. The van der Waals surface area contributed by atoms with Crippen LogP contribution in [0.4, 0.5) is 0 Å². The summed E-state index contributed by atoms with van der Waals surface area (Å²) >= 11 is 0. The Balaban J connectivity index is 0.00000264. The van der Waals surface area contributed by atoms with E-state index >= 15 is 0 Å². The van der Waals surface area contributed by atoms with Crippen LogP contribution in [0, 0.1) is 12.1 Å². The molecule has 38 heavy (non-hydrogen) atoms. The van der Waals surface area contributed by atoms with Gasteiger partial charge < -0.3 is 14.0 Å². The number of benzene rings is 4. The minimum Gasteiger partial charge on any atom is -0.518 e. The minimum absolute atomic E-state index is 0. The predicted molar refractivity (Wildman–Crippen MR) is 144 cm³/mol. The summed E-state index contributed by atoms with van der Waals surface area (Å²) in [7, 11) is 0. The summed E-state index contributed by atoms with van der Waals surface area (Å²) in [4.78, 5) is 9.36. The van der Waals surface area contributed by atoms with Crippen molar-refractivity contribution in [3.63, 3.8) is 0 Å². The quantitative estimate of drug-likeness (QED) is 0.184. The molecule has 0 amide bonds. The zero-order valence-corrected chi connectivity index (χ0v) is 22.4. The Labute approximate surface area is 234 Å². The second-order valence-electron chi connectivity index (χ2n) is 8.83. The molecule has 4 aromatic carbocycles. The number of fused-ring (bicyclic) bond motifs is 3. The Kier molecular flexibility index (Phi) is 6.53. The van der Waals surface area contributed by atoms with Crippen molar-refractivity contribution in [2.24, 2.45) is 4.99 Å². The van der Waals surface area contributed by atoms with Crippen molar-refractivity contribution < 1.29 is 30.5 Å². The number of rotatable bonds is 5. The molecule has 0 aliphatic carbocycles. The average molecular weight is 675 g/mol. The summed E-state index contributed by atoms with van der Waals surface area (Å²) in [6.07, 6.45) is 1.80. The third kappa shape index (κ3) is 4.40. The number of pyridine rings is 1. The van der Waals surface area contributed by atoms with Crippen LogP contribution >= 0.6 is 0 Å². The van der Waals surface area contributed by atoms with E-state index in [0.29, 0.717) is 24.0 Å². The number of aliphatic imine (C=N–C) groups is 1. The molecule has 3 heterocycles. The molecule has 2 aromatic heterocycles. The zero-order valence-electron chi connectivity index (χ0n) is 20.2. The van der Waals surface area contributed by atoms with E-state index in [1.807, 2.05) is 72.8 Å². The van der Waals surface area contributed by atoms with Crippen molar-refractivity contribution in [3.8, 4) is 17.3 Å². The maximum absolute atomic E-state index is 6.23. The molecule has 6 heteroatoms. The largest absolute Gasteiger partial charge is 2.00 e. The van der Waals surface area contributed by atoms with E-state index in [4.69, 9.17) is 14.5 Å². The van der Waals surface area contributed by atoms with Gasteiger partial charge in [0.15, 0.2) is 0 Å². The average Bonchev–Trinajstić information content (AvgIpc) is 3.58. The number of aromatic nitrogens is 2. The molecule has 0 radical (unpaired) electrons. The molecular formula is C32H21N3O2Pt. The first kappa shape index (κ1) is 24.1. The van der Waals surface area contributed by atoms with Gasteiger partial charge in [0.1, 0.15) is 24.4 Å². The second-order valence-corrected chi connectivity index (χ2v) is 8.83. The molecule has 5 nitrogen and oxygen atoms in total. The smallest absolute Gasteiger partial charge is 0.518 e. The molecule has 1 aliphatic rings. The molecule has 186 valence electrons. The third-order valence-corrected chi connectivity index (χ3v) is 6.49. The van der Waals surface area contributed by atoms with Crippen molar-refractivity contribution in [1.29, 1.82) is 0 Å². The standard InChI is InChI=1S/C32H21N3O2.Pt/c1-2-9-22(10-3-1)28-21-36-32(34-28)23-11-8-12-24(19-23)37-25-16-17-27-26-13-4-5-14-29(26)35(30(27)20-25)31-15-6-7-18-33-31;/h1-18,28H,21H2;/q-2;+2/t28-;/m0./s1. The molecular weight excluding hydrogens is 653 g/mol. The molecule has 0 spiro atoms. The molecule has 0 bridgehead atoms. The molecule has 0 N–H and O–H groups in total. The molecule has 1 atom stereocenters. The topological polar surface area (TPSA) is 48.6 Å². The number of nitrogens with zero attached hydrogens (tertiary/aromatic N) is 3. The van der Waals surface area contributed by atoms with Crippen molar-refractivity contribution >= 4 is 27.7 Å². The minimum atomic E-state index is -0.0153. The Morgan fingerprint density at radius 3 is 2.45 bits per heavy atom. The maximum atomic E-state index is 6.23. The van der Waals surface area contributed by atoms with Crippen LogP contribution in [0.2, 0.25) is 0 Å². The summed E-state index contributed by atoms with van der Waals surface area (Å²) in [5.41, 5.74) is 3.88.